The van der Waals surface area contributed by atoms with Crippen LogP contribution in [0.15, 0.2) is 18.2 Å². The van der Waals surface area contributed by atoms with Crippen molar-refractivity contribution in [3.8, 4) is 5.75 Å². The maximum atomic E-state index is 12.3. The summed E-state index contributed by atoms with van der Waals surface area (Å²) in [5, 5.41) is 0. The van der Waals surface area contributed by atoms with Crippen LogP contribution in [0.3, 0.4) is 0 Å². The number of benzene rings is 1. The molecule has 2 nitrogen and oxygen atoms in total. The molecule has 1 aromatic carbocycles. The summed E-state index contributed by atoms with van der Waals surface area (Å²) in [6.07, 6.45) is 6.81. The number of carbonyl (C=O) groups is 1. The van der Waals surface area contributed by atoms with Gasteiger partial charge in [-0.05, 0) is 24.5 Å². The van der Waals surface area contributed by atoms with Crippen molar-refractivity contribution in [1.29, 1.82) is 0 Å². The zero-order valence-electron chi connectivity index (χ0n) is 10.1. The van der Waals surface area contributed by atoms with Crippen LogP contribution >= 0.6 is 0 Å². The van der Waals surface area contributed by atoms with Crippen LogP contribution in [-0.2, 0) is 6.42 Å². The number of hydrogen-bond acceptors (Lipinski definition) is 2. The second kappa shape index (κ2) is 4.52. The lowest BCUT2D eigenvalue weighted by molar-refractivity contribution is 0.0889. The summed E-state index contributed by atoms with van der Waals surface area (Å²) < 4.78 is 5.52. The highest BCUT2D eigenvalue weighted by Crippen LogP contribution is 2.30. The van der Waals surface area contributed by atoms with Crippen LogP contribution in [0.25, 0.3) is 0 Å². The topological polar surface area (TPSA) is 26.3 Å². The fourth-order valence-electron chi connectivity index (χ4n) is 2.92. The highest BCUT2D eigenvalue weighted by molar-refractivity contribution is 5.98. The first kappa shape index (κ1) is 10.8. The van der Waals surface area contributed by atoms with E-state index >= 15 is 0 Å². The fraction of sp³-hybridized carbons (Fsp3) is 0.533. The van der Waals surface area contributed by atoms with E-state index < -0.39 is 0 Å². The number of ether oxygens (including phenoxy) is 1. The van der Waals surface area contributed by atoms with Crippen molar-refractivity contribution in [3.05, 3.63) is 29.3 Å². The summed E-state index contributed by atoms with van der Waals surface area (Å²) >= 11 is 0. The number of ketones is 1. The third-order valence-corrected chi connectivity index (χ3v) is 3.96. The van der Waals surface area contributed by atoms with Crippen LogP contribution in [-0.4, -0.2) is 12.4 Å². The molecule has 90 valence electrons. The Kier molecular flexibility index (Phi) is 2.87. The molecule has 2 aliphatic rings. The first-order valence-corrected chi connectivity index (χ1v) is 6.64. The average molecular weight is 230 g/mol. The number of Topliss-reactive ketones (excluding diaryl/α,β-unsaturated/α-hetero) is 1. The van der Waals surface area contributed by atoms with Gasteiger partial charge in [0.2, 0.25) is 0 Å². The fourth-order valence-corrected chi connectivity index (χ4v) is 2.92. The predicted molar refractivity (Wildman–Crippen MR) is 66.5 cm³/mol. The van der Waals surface area contributed by atoms with Crippen molar-refractivity contribution >= 4 is 5.78 Å². The van der Waals surface area contributed by atoms with E-state index in [4.69, 9.17) is 4.74 Å². The Morgan fingerprint density at radius 2 is 2.00 bits per heavy atom. The van der Waals surface area contributed by atoms with Gasteiger partial charge < -0.3 is 4.74 Å². The Morgan fingerprint density at radius 3 is 2.82 bits per heavy atom. The summed E-state index contributed by atoms with van der Waals surface area (Å²) in [5.41, 5.74) is 2.09. The molecule has 0 amide bonds. The van der Waals surface area contributed by atoms with E-state index in [1.54, 1.807) is 0 Å². The molecule has 2 heteroatoms. The summed E-state index contributed by atoms with van der Waals surface area (Å²) in [7, 11) is 0. The van der Waals surface area contributed by atoms with E-state index in [0.717, 1.165) is 37.2 Å². The molecule has 1 saturated carbocycles. The molecule has 1 fully saturated rings. The van der Waals surface area contributed by atoms with Gasteiger partial charge in [-0.25, -0.2) is 0 Å². The second-order valence-corrected chi connectivity index (χ2v) is 5.12. The minimum Gasteiger partial charge on any atom is -0.493 e. The molecule has 0 radical (unpaired) electrons. The number of fused-ring (bicyclic) bond motifs is 1. The molecule has 1 aliphatic heterocycles. The molecule has 3 rings (SSSR count). The van der Waals surface area contributed by atoms with Crippen LogP contribution in [0.4, 0.5) is 0 Å². The standard InChI is InChI=1S/C15H18O2/c16-15(12-4-2-1-3-5-12)13-7-6-11-8-9-17-14(11)10-13/h6-7,10,12H,1-5,8-9H2. The Morgan fingerprint density at radius 1 is 1.18 bits per heavy atom. The molecule has 0 spiro atoms. The van der Waals surface area contributed by atoms with Crippen LogP contribution in [0.5, 0.6) is 5.75 Å². The number of hydrogen-bond donors (Lipinski definition) is 0. The van der Waals surface area contributed by atoms with Gasteiger partial charge >= 0.3 is 0 Å². The minimum atomic E-state index is 0.253. The lowest BCUT2D eigenvalue weighted by atomic mass is 9.84. The van der Waals surface area contributed by atoms with E-state index in [1.165, 1.54) is 24.8 Å². The maximum Gasteiger partial charge on any atom is 0.166 e. The molecule has 0 bridgehead atoms. The van der Waals surface area contributed by atoms with Gasteiger partial charge in [0.25, 0.3) is 0 Å². The minimum absolute atomic E-state index is 0.253. The van der Waals surface area contributed by atoms with Crippen molar-refractivity contribution in [2.75, 3.05) is 6.61 Å². The van der Waals surface area contributed by atoms with Crippen molar-refractivity contribution in [2.45, 2.75) is 38.5 Å². The monoisotopic (exact) mass is 230 g/mol. The number of carbonyl (C=O) groups excluding carboxylic acids is 1. The van der Waals surface area contributed by atoms with Gasteiger partial charge in [-0.2, -0.15) is 0 Å². The molecule has 0 N–H and O–H groups in total. The van der Waals surface area contributed by atoms with Crippen molar-refractivity contribution in [3.63, 3.8) is 0 Å². The van der Waals surface area contributed by atoms with Gasteiger partial charge in [0.1, 0.15) is 5.75 Å². The first-order valence-electron chi connectivity index (χ1n) is 6.64. The average Bonchev–Trinajstić information content (AvgIpc) is 2.86. The van der Waals surface area contributed by atoms with E-state index in [-0.39, 0.29) is 5.92 Å². The highest BCUT2D eigenvalue weighted by Gasteiger charge is 2.23. The second-order valence-electron chi connectivity index (χ2n) is 5.12. The van der Waals surface area contributed by atoms with Gasteiger partial charge in [-0.15, -0.1) is 0 Å². The van der Waals surface area contributed by atoms with Gasteiger partial charge in [0.15, 0.2) is 5.78 Å². The normalized spacial score (nSPS) is 19.8. The third kappa shape index (κ3) is 2.08. The van der Waals surface area contributed by atoms with Crippen molar-refractivity contribution in [2.24, 2.45) is 5.92 Å². The van der Waals surface area contributed by atoms with E-state index in [2.05, 4.69) is 6.07 Å². The quantitative estimate of drug-likeness (QED) is 0.728. The smallest absolute Gasteiger partial charge is 0.166 e. The summed E-state index contributed by atoms with van der Waals surface area (Å²) in [6.45, 7) is 0.760. The predicted octanol–water partition coefficient (Wildman–Crippen LogP) is 3.38. The van der Waals surface area contributed by atoms with E-state index in [0.29, 0.717) is 5.78 Å². The van der Waals surface area contributed by atoms with Gasteiger partial charge in [0.05, 0.1) is 6.61 Å². The maximum absolute atomic E-state index is 12.3. The third-order valence-electron chi connectivity index (χ3n) is 3.96. The Hall–Kier alpha value is -1.31. The van der Waals surface area contributed by atoms with Gasteiger partial charge in [-0.1, -0.05) is 31.4 Å². The largest absolute Gasteiger partial charge is 0.493 e. The molecule has 0 unspecified atom stereocenters. The summed E-state index contributed by atoms with van der Waals surface area (Å²) in [6, 6.07) is 5.97. The Balaban J connectivity index is 1.81. The molecular weight excluding hydrogens is 212 g/mol. The van der Waals surface area contributed by atoms with Crippen molar-refractivity contribution < 1.29 is 9.53 Å². The van der Waals surface area contributed by atoms with E-state index in [1.807, 2.05) is 12.1 Å². The molecule has 0 atom stereocenters. The van der Waals surface area contributed by atoms with Crippen molar-refractivity contribution in [1.82, 2.24) is 0 Å². The molecule has 1 aromatic rings. The van der Waals surface area contributed by atoms with Crippen LogP contribution in [0.1, 0.15) is 48.0 Å². The van der Waals surface area contributed by atoms with Crippen LogP contribution in [0.2, 0.25) is 0 Å². The van der Waals surface area contributed by atoms with E-state index in [9.17, 15) is 4.79 Å². The summed E-state index contributed by atoms with van der Waals surface area (Å²) in [4.78, 5) is 12.3. The summed E-state index contributed by atoms with van der Waals surface area (Å²) in [5.74, 6) is 1.50. The zero-order chi connectivity index (χ0) is 11.7. The van der Waals surface area contributed by atoms with Crippen LogP contribution < -0.4 is 4.74 Å². The van der Waals surface area contributed by atoms with Gasteiger partial charge in [0, 0.05) is 17.9 Å². The molecule has 0 saturated heterocycles. The Bertz CT molecular complexity index is 431. The SMILES string of the molecule is O=C(c1ccc2c(c1)OCC2)C1CCCCC1. The number of rotatable bonds is 2. The van der Waals surface area contributed by atoms with Crippen LogP contribution in [0, 0.1) is 5.92 Å². The van der Waals surface area contributed by atoms with Gasteiger partial charge in [-0.3, -0.25) is 4.79 Å². The molecule has 0 aromatic heterocycles. The molecular formula is C15H18O2. The first-order chi connectivity index (χ1) is 8.34. The lowest BCUT2D eigenvalue weighted by Crippen LogP contribution is -2.17. The molecule has 1 aliphatic carbocycles. The molecule has 17 heavy (non-hydrogen) atoms. The Labute approximate surface area is 102 Å². The zero-order valence-corrected chi connectivity index (χ0v) is 10.1. The molecule has 1 heterocycles. The lowest BCUT2D eigenvalue weighted by Gasteiger charge is -2.20. The highest BCUT2D eigenvalue weighted by atomic mass is 16.5.